The molecule has 174 valence electrons. The Labute approximate surface area is 199 Å². The van der Waals surface area contributed by atoms with Crippen molar-refractivity contribution in [3.8, 4) is 5.75 Å². The number of ether oxygens (including phenoxy) is 1. The third-order valence-electron chi connectivity index (χ3n) is 5.62. The van der Waals surface area contributed by atoms with Crippen LogP contribution in [0.25, 0.3) is 0 Å². The van der Waals surface area contributed by atoms with Crippen LogP contribution in [0.1, 0.15) is 38.3 Å². The minimum Gasteiger partial charge on any atom is -0.490 e. The Morgan fingerprint density at radius 2 is 1.72 bits per heavy atom. The lowest BCUT2D eigenvalue weighted by molar-refractivity contribution is -0.117. The second-order valence-corrected chi connectivity index (χ2v) is 11.2. The number of nitrogens with zero attached hydrogens (tertiary/aromatic N) is 1. The molecule has 1 unspecified atom stereocenters. The number of ketones is 1. The number of hydrogen-bond donors (Lipinski definition) is 1. The highest BCUT2D eigenvalue weighted by molar-refractivity contribution is 7.88. The third kappa shape index (κ3) is 5.57. The predicted octanol–water partition coefficient (Wildman–Crippen LogP) is 4.42. The molecule has 1 aliphatic rings. The topological polar surface area (TPSA) is 75.7 Å². The Bertz CT molecular complexity index is 1080. The van der Waals surface area contributed by atoms with Gasteiger partial charge in [-0.05, 0) is 41.8 Å². The zero-order valence-electron chi connectivity index (χ0n) is 18.6. The fourth-order valence-electron chi connectivity index (χ4n) is 3.76. The third-order valence-corrected chi connectivity index (χ3v) is 6.89. The molecule has 1 aliphatic heterocycles. The fourth-order valence-corrected chi connectivity index (χ4v) is 5.08. The Hall–Kier alpha value is -1.80. The molecule has 1 atom stereocenters. The van der Waals surface area contributed by atoms with E-state index in [2.05, 4.69) is 18.6 Å². The first-order valence-corrected chi connectivity index (χ1v) is 13.0. The molecule has 1 N–H and O–H groups in total. The molecule has 1 heterocycles. The van der Waals surface area contributed by atoms with Gasteiger partial charge in [0, 0.05) is 17.6 Å². The van der Waals surface area contributed by atoms with E-state index >= 15 is 0 Å². The van der Waals surface area contributed by atoms with E-state index in [9.17, 15) is 13.2 Å². The lowest BCUT2D eigenvalue weighted by Gasteiger charge is -2.28. The summed E-state index contributed by atoms with van der Waals surface area (Å²) in [6.45, 7) is 7.20. The number of halogens is 2. The van der Waals surface area contributed by atoms with Crippen LogP contribution in [0.3, 0.4) is 0 Å². The number of anilines is 1. The Morgan fingerprint density at radius 3 is 2.25 bits per heavy atom. The number of rotatable bonds is 8. The number of carbonyl (C=O) groups excluding carboxylic acids is 1. The van der Waals surface area contributed by atoms with E-state index < -0.39 is 16.1 Å². The average molecular weight is 499 g/mol. The van der Waals surface area contributed by atoms with Crippen LogP contribution >= 0.6 is 23.2 Å². The van der Waals surface area contributed by atoms with Crippen molar-refractivity contribution in [2.75, 3.05) is 30.9 Å². The molecule has 2 aromatic rings. The standard InChI is InChI=1S/C23H28Cl2N2O4S/c1-5-10-31-22-18(24)11-16(12-19(22)25)23(2,3)15-6-8-17(9-7-15)27-13-20(21(28)14-27)26-32(4,29)30/h6-9,11-12,20,26H,5,10,13-14H2,1-4H3. The van der Waals surface area contributed by atoms with Gasteiger partial charge in [0.2, 0.25) is 10.0 Å². The summed E-state index contributed by atoms with van der Waals surface area (Å²) < 4.78 is 31.0. The van der Waals surface area contributed by atoms with E-state index in [4.69, 9.17) is 27.9 Å². The molecule has 0 bridgehead atoms. The van der Waals surface area contributed by atoms with Gasteiger partial charge in [-0.3, -0.25) is 4.79 Å². The maximum atomic E-state index is 12.2. The number of nitrogens with one attached hydrogen (secondary N) is 1. The molecular weight excluding hydrogens is 471 g/mol. The normalized spacial score (nSPS) is 17.1. The summed E-state index contributed by atoms with van der Waals surface area (Å²) in [5.74, 6) is 0.357. The van der Waals surface area contributed by atoms with Gasteiger partial charge in [-0.15, -0.1) is 0 Å². The van der Waals surface area contributed by atoms with Gasteiger partial charge in [0.25, 0.3) is 0 Å². The molecule has 0 aliphatic carbocycles. The Morgan fingerprint density at radius 1 is 1.12 bits per heavy atom. The highest BCUT2D eigenvalue weighted by Crippen LogP contribution is 2.40. The summed E-state index contributed by atoms with van der Waals surface area (Å²) in [4.78, 5) is 14.1. The van der Waals surface area contributed by atoms with Crippen molar-refractivity contribution in [3.63, 3.8) is 0 Å². The summed E-state index contributed by atoms with van der Waals surface area (Å²) in [5, 5.41) is 0.955. The Kier molecular flexibility index (Phi) is 7.44. The summed E-state index contributed by atoms with van der Waals surface area (Å²) >= 11 is 12.9. The van der Waals surface area contributed by atoms with Crippen LogP contribution in [0.5, 0.6) is 5.75 Å². The summed E-state index contributed by atoms with van der Waals surface area (Å²) in [5.41, 5.74) is 2.48. The predicted molar refractivity (Wildman–Crippen MR) is 130 cm³/mol. The lowest BCUT2D eigenvalue weighted by atomic mass is 9.78. The van der Waals surface area contributed by atoms with Crippen molar-refractivity contribution in [1.29, 1.82) is 0 Å². The van der Waals surface area contributed by atoms with Gasteiger partial charge in [-0.1, -0.05) is 56.1 Å². The zero-order valence-corrected chi connectivity index (χ0v) is 20.9. The summed E-state index contributed by atoms with van der Waals surface area (Å²) in [6.07, 6.45) is 1.92. The molecule has 0 saturated carbocycles. The molecule has 0 spiro atoms. The van der Waals surface area contributed by atoms with Crippen molar-refractivity contribution in [2.45, 2.75) is 38.6 Å². The zero-order chi connectivity index (χ0) is 23.7. The number of carbonyl (C=O) groups is 1. The minimum absolute atomic E-state index is 0.144. The van der Waals surface area contributed by atoms with Gasteiger partial charge in [-0.25, -0.2) is 13.1 Å². The van der Waals surface area contributed by atoms with Gasteiger partial charge in [-0.2, -0.15) is 0 Å². The monoisotopic (exact) mass is 498 g/mol. The van der Waals surface area contributed by atoms with Gasteiger partial charge < -0.3 is 9.64 Å². The van der Waals surface area contributed by atoms with E-state index in [-0.39, 0.29) is 17.7 Å². The average Bonchev–Trinajstić information content (AvgIpc) is 3.06. The molecule has 0 aromatic heterocycles. The van der Waals surface area contributed by atoms with Crippen molar-refractivity contribution < 1.29 is 17.9 Å². The molecule has 0 amide bonds. The highest BCUT2D eigenvalue weighted by Gasteiger charge is 2.33. The van der Waals surface area contributed by atoms with Crippen molar-refractivity contribution in [2.24, 2.45) is 0 Å². The van der Waals surface area contributed by atoms with Crippen molar-refractivity contribution >= 4 is 44.7 Å². The van der Waals surface area contributed by atoms with Crippen molar-refractivity contribution in [3.05, 3.63) is 57.6 Å². The quantitative estimate of drug-likeness (QED) is 0.582. The summed E-state index contributed by atoms with van der Waals surface area (Å²) in [6, 6.07) is 10.9. The number of hydrogen-bond acceptors (Lipinski definition) is 5. The smallest absolute Gasteiger partial charge is 0.209 e. The largest absolute Gasteiger partial charge is 0.490 e. The maximum absolute atomic E-state index is 12.2. The van der Waals surface area contributed by atoms with E-state index in [1.54, 1.807) is 0 Å². The summed E-state index contributed by atoms with van der Waals surface area (Å²) in [7, 11) is -3.45. The molecule has 1 saturated heterocycles. The Balaban J connectivity index is 1.80. The number of sulfonamides is 1. The molecule has 3 rings (SSSR count). The first kappa shape index (κ1) is 24.8. The molecular formula is C23H28Cl2N2O4S. The molecule has 6 nitrogen and oxygen atoms in total. The molecule has 32 heavy (non-hydrogen) atoms. The van der Waals surface area contributed by atoms with Gasteiger partial charge in [0.05, 0.1) is 35.5 Å². The minimum atomic E-state index is -3.45. The second kappa shape index (κ2) is 9.59. The molecule has 9 heteroatoms. The number of Topliss-reactive ketones (excluding diaryl/α,β-unsaturated/α-hetero) is 1. The van der Waals surface area contributed by atoms with Gasteiger partial charge in [0.1, 0.15) is 0 Å². The maximum Gasteiger partial charge on any atom is 0.209 e. The van der Waals surface area contributed by atoms with Crippen LogP contribution in [0, 0.1) is 0 Å². The number of benzene rings is 2. The van der Waals surface area contributed by atoms with Crippen LogP contribution in [0.2, 0.25) is 10.0 Å². The SMILES string of the molecule is CCCOc1c(Cl)cc(C(C)(C)c2ccc(N3CC(=O)C(NS(C)(=O)=O)C3)cc2)cc1Cl. The van der Waals surface area contributed by atoms with Crippen LogP contribution < -0.4 is 14.4 Å². The van der Waals surface area contributed by atoms with Crippen molar-refractivity contribution in [1.82, 2.24) is 4.72 Å². The fraction of sp³-hybridized carbons (Fsp3) is 0.435. The molecule has 2 aromatic carbocycles. The van der Waals surface area contributed by atoms with Crippen LogP contribution in [-0.4, -0.2) is 46.2 Å². The van der Waals surface area contributed by atoms with E-state index in [0.717, 1.165) is 29.5 Å². The molecule has 0 radical (unpaired) electrons. The highest BCUT2D eigenvalue weighted by atomic mass is 35.5. The van der Waals surface area contributed by atoms with Crippen LogP contribution in [0.4, 0.5) is 5.69 Å². The first-order valence-electron chi connectivity index (χ1n) is 10.4. The molecule has 1 fully saturated rings. The van der Waals surface area contributed by atoms with Gasteiger partial charge >= 0.3 is 0 Å². The van der Waals surface area contributed by atoms with Crippen LogP contribution in [0.15, 0.2) is 36.4 Å². The lowest BCUT2D eigenvalue weighted by Crippen LogP contribution is -2.40. The first-order chi connectivity index (χ1) is 14.9. The van der Waals surface area contributed by atoms with E-state index in [1.165, 1.54) is 0 Å². The van der Waals surface area contributed by atoms with E-state index in [1.807, 2.05) is 48.2 Å². The van der Waals surface area contributed by atoms with Crippen LogP contribution in [-0.2, 0) is 20.2 Å². The van der Waals surface area contributed by atoms with Gasteiger partial charge in [0.15, 0.2) is 11.5 Å². The second-order valence-electron chi connectivity index (χ2n) is 8.58. The van der Waals surface area contributed by atoms with E-state index in [0.29, 0.717) is 28.9 Å².